The summed E-state index contributed by atoms with van der Waals surface area (Å²) in [6, 6.07) is 8.72. The second-order valence-corrected chi connectivity index (χ2v) is 10.2. The number of para-hydroxylation sites is 1. The van der Waals surface area contributed by atoms with Crippen molar-refractivity contribution in [2.75, 3.05) is 32.1 Å². The van der Waals surface area contributed by atoms with Crippen LogP contribution in [-0.2, 0) is 17.8 Å². The molecule has 7 heteroatoms. The molecule has 3 heterocycles. The number of carbonyl (C=O) groups excluding carboxylic acids is 1. The molecule has 0 aliphatic carbocycles. The lowest BCUT2D eigenvalue weighted by atomic mass is 10.0. The average molecular weight is 473 g/mol. The Morgan fingerprint density at radius 3 is 2.75 bits per heavy atom. The van der Waals surface area contributed by atoms with E-state index in [9.17, 15) is 4.79 Å². The van der Waals surface area contributed by atoms with Gasteiger partial charge in [0.25, 0.3) is 0 Å². The van der Waals surface area contributed by atoms with Gasteiger partial charge in [0.15, 0.2) is 0 Å². The highest BCUT2D eigenvalue weighted by Gasteiger charge is 2.29. The Hall–Kier alpha value is -1.80. The number of thiophene rings is 1. The number of hydrogen-bond donors (Lipinski definition) is 1. The van der Waals surface area contributed by atoms with Gasteiger partial charge in [0, 0.05) is 49.6 Å². The van der Waals surface area contributed by atoms with Crippen LogP contribution < -0.4 is 10.2 Å². The van der Waals surface area contributed by atoms with Crippen LogP contribution >= 0.6 is 22.7 Å². The highest BCUT2D eigenvalue weighted by Crippen LogP contribution is 2.47. The average Bonchev–Trinajstić information content (AvgIpc) is 3.40. The first-order chi connectivity index (χ1) is 15.5. The fraction of sp³-hybridized carbons (Fsp3) is 0.520. The third kappa shape index (κ3) is 5.39. The van der Waals surface area contributed by atoms with Gasteiger partial charge in [0.05, 0.1) is 10.2 Å². The van der Waals surface area contributed by atoms with Crippen LogP contribution in [0.4, 0.5) is 5.00 Å². The molecule has 0 saturated heterocycles. The van der Waals surface area contributed by atoms with Crippen molar-refractivity contribution in [3.05, 3.63) is 34.7 Å². The monoisotopic (exact) mass is 472 g/mol. The number of amides is 1. The van der Waals surface area contributed by atoms with Crippen molar-refractivity contribution in [3.63, 3.8) is 0 Å². The van der Waals surface area contributed by atoms with Crippen LogP contribution in [0.3, 0.4) is 0 Å². The number of carbonyl (C=O) groups is 1. The van der Waals surface area contributed by atoms with Gasteiger partial charge in [-0.1, -0.05) is 32.9 Å². The summed E-state index contributed by atoms with van der Waals surface area (Å²) in [7, 11) is 4.08. The first kappa shape index (κ1) is 24.8. The normalized spacial score (nSPS) is 14.6. The molecule has 0 spiro atoms. The highest BCUT2D eigenvalue weighted by atomic mass is 32.1. The molecule has 2 aromatic heterocycles. The van der Waals surface area contributed by atoms with Gasteiger partial charge >= 0.3 is 0 Å². The second kappa shape index (κ2) is 11.4. The summed E-state index contributed by atoms with van der Waals surface area (Å²) in [6.07, 6.45) is 2.57. The van der Waals surface area contributed by atoms with Crippen LogP contribution in [0.1, 0.15) is 51.0 Å². The molecule has 5 nitrogen and oxygen atoms in total. The van der Waals surface area contributed by atoms with Gasteiger partial charge in [-0.05, 0) is 44.5 Å². The largest absolute Gasteiger partial charge is 0.314 e. The number of benzene rings is 1. The summed E-state index contributed by atoms with van der Waals surface area (Å²) in [5.41, 5.74) is 3.59. The predicted molar refractivity (Wildman–Crippen MR) is 140 cm³/mol. The minimum Gasteiger partial charge on any atom is -0.314 e. The Morgan fingerprint density at radius 2 is 2.03 bits per heavy atom. The number of aromatic nitrogens is 1. The standard InChI is InChI=1S/C23H30N4OS2.C2H6/c1-5-15(2)24-12-10-20(28)27(4)23-21(16-11-13-26(3)14-19(16)30-23)22-25-17-8-6-7-9-18(17)29-22;1-2/h6-9,15,24H,5,10-14H2,1-4H3;1-2H3. The lowest BCUT2D eigenvalue weighted by Gasteiger charge is -2.22. The lowest BCUT2D eigenvalue weighted by molar-refractivity contribution is -0.118. The van der Waals surface area contributed by atoms with E-state index in [0.29, 0.717) is 19.0 Å². The SMILES string of the molecule is CC.CCC(C)NCCC(=O)N(C)c1sc2c(c1-c1nc3ccccc3s1)CCN(C)C2. The molecular weight excluding hydrogens is 436 g/mol. The molecule has 174 valence electrons. The van der Waals surface area contributed by atoms with Gasteiger partial charge in [-0.2, -0.15) is 0 Å². The molecule has 1 aromatic carbocycles. The highest BCUT2D eigenvalue weighted by molar-refractivity contribution is 7.23. The molecule has 0 saturated carbocycles. The predicted octanol–water partition coefficient (Wildman–Crippen LogP) is 5.78. The van der Waals surface area contributed by atoms with E-state index in [2.05, 4.69) is 49.3 Å². The molecule has 1 unspecified atom stereocenters. The van der Waals surface area contributed by atoms with Gasteiger partial charge in [0.1, 0.15) is 10.0 Å². The van der Waals surface area contributed by atoms with E-state index < -0.39 is 0 Å². The van der Waals surface area contributed by atoms with Gasteiger partial charge in [-0.3, -0.25) is 4.79 Å². The van der Waals surface area contributed by atoms with Crippen LogP contribution in [0.5, 0.6) is 0 Å². The number of likely N-dealkylation sites (N-methyl/N-ethyl adjacent to an activating group) is 1. The fourth-order valence-corrected chi connectivity index (χ4v) is 6.31. The molecule has 0 radical (unpaired) electrons. The van der Waals surface area contributed by atoms with Crippen molar-refractivity contribution < 1.29 is 4.79 Å². The lowest BCUT2D eigenvalue weighted by Crippen LogP contribution is -2.32. The zero-order chi connectivity index (χ0) is 23.3. The van der Waals surface area contributed by atoms with Crippen molar-refractivity contribution in [3.8, 4) is 10.6 Å². The molecular formula is C25H36N4OS2. The van der Waals surface area contributed by atoms with Crippen LogP contribution in [0.25, 0.3) is 20.8 Å². The maximum absolute atomic E-state index is 13.0. The molecule has 0 bridgehead atoms. The van der Waals surface area contributed by atoms with E-state index in [1.807, 2.05) is 31.9 Å². The number of nitrogens with zero attached hydrogens (tertiary/aromatic N) is 3. The third-order valence-corrected chi connectivity index (χ3v) is 8.21. The summed E-state index contributed by atoms with van der Waals surface area (Å²) in [5.74, 6) is 0.153. The summed E-state index contributed by atoms with van der Waals surface area (Å²) in [6.45, 7) is 11.0. The van der Waals surface area contributed by atoms with Crippen molar-refractivity contribution in [2.45, 2.75) is 59.5 Å². The second-order valence-electron chi connectivity index (χ2n) is 8.12. The van der Waals surface area contributed by atoms with E-state index >= 15 is 0 Å². The number of anilines is 1. The maximum Gasteiger partial charge on any atom is 0.228 e. The molecule has 3 aromatic rings. The zero-order valence-corrected chi connectivity index (χ0v) is 21.8. The van der Waals surface area contributed by atoms with Crippen molar-refractivity contribution in [1.29, 1.82) is 0 Å². The van der Waals surface area contributed by atoms with Crippen LogP contribution in [0.15, 0.2) is 24.3 Å². The molecule has 1 atom stereocenters. The maximum atomic E-state index is 13.0. The molecule has 4 rings (SSSR count). The van der Waals surface area contributed by atoms with E-state index in [1.54, 1.807) is 22.7 Å². The van der Waals surface area contributed by atoms with E-state index in [1.165, 1.54) is 20.7 Å². The Labute approximate surface area is 200 Å². The minimum absolute atomic E-state index is 0.153. The van der Waals surface area contributed by atoms with E-state index in [4.69, 9.17) is 4.98 Å². The van der Waals surface area contributed by atoms with Gasteiger partial charge in [-0.15, -0.1) is 22.7 Å². The summed E-state index contributed by atoms with van der Waals surface area (Å²) in [5, 5.41) is 5.50. The van der Waals surface area contributed by atoms with E-state index in [0.717, 1.165) is 41.5 Å². The van der Waals surface area contributed by atoms with Gasteiger partial charge < -0.3 is 15.1 Å². The first-order valence-electron chi connectivity index (χ1n) is 11.7. The number of thiazole rings is 1. The van der Waals surface area contributed by atoms with E-state index in [-0.39, 0.29) is 5.91 Å². The Balaban J connectivity index is 0.00000141. The van der Waals surface area contributed by atoms with Crippen LogP contribution in [-0.4, -0.2) is 49.0 Å². The molecule has 0 fully saturated rings. The number of hydrogen-bond acceptors (Lipinski definition) is 6. The third-order valence-electron chi connectivity index (χ3n) is 5.86. The Kier molecular flexibility index (Phi) is 8.82. The first-order valence-corrected chi connectivity index (χ1v) is 13.3. The zero-order valence-electron chi connectivity index (χ0n) is 20.2. The summed E-state index contributed by atoms with van der Waals surface area (Å²) in [4.78, 5) is 23.5. The number of fused-ring (bicyclic) bond motifs is 2. The Bertz CT molecular complexity index is 1010. The smallest absolute Gasteiger partial charge is 0.228 e. The molecule has 1 aliphatic rings. The summed E-state index contributed by atoms with van der Waals surface area (Å²) >= 11 is 3.49. The molecule has 32 heavy (non-hydrogen) atoms. The van der Waals surface area contributed by atoms with Crippen LogP contribution in [0, 0.1) is 0 Å². The van der Waals surface area contributed by atoms with Crippen LogP contribution in [0.2, 0.25) is 0 Å². The molecule has 1 N–H and O–H groups in total. The topological polar surface area (TPSA) is 48.5 Å². The quantitative estimate of drug-likeness (QED) is 0.473. The number of rotatable bonds is 7. The molecule has 1 aliphatic heterocycles. The van der Waals surface area contributed by atoms with Gasteiger partial charge in [0.2, 0.25) is 5.91 Å². The Morgan fingerprint density at radius 1 is 1.28 bits per heavy atom. The number of nitrogens with one attached hydrogen (secondary N) is 1. The van der Waals surface area contributed by atoms with Gasteiger partial charge in [-0.25, -0.2) is 4.98 Å². The minimum atomic E-state index is 0.153. The fourth-order valence-electron chi connectivity index (χ4n) is 3.80. The van der Waals surface area contributed by atoms with Crippen molar-refractivity contribution in [1.82, 2.24) is 15.2 Å². The van der Waals surface area contributed by atoms with Crippen molar-refractivity contribution in [2.24, 2.45) is 0 Å². The van der Waals surface area contributed by atoms with Crippen molar-refractivity contribution >= 4 is 43.8 Å². The molecule has 1 amide bonds. The summed E-state index contributed by atoms with van der Waals surface area (Å²) < 4.78 is 1.19.